The van der Waals surface area contributed by atoms with Gasteiger partial charge < -0.3 is 5.32 Å². The third-order valence-electron chi connectivity index (χ3n) is 4.00. The first-order valence-electron chi connectivity index (χ1n) is 7.23. The van der Waals surface area contributed by atoms with Crippen LogP contribution < -0.4 is 10.9 Å². The van der Waals surface area contributed by atoms with Crippen molar-refractivity contribution in [3.05, 3.63) is 21.0 Å². The lowest BCUT2D eigenvalue weighted by Crippen LogP contribution is -2.29. The number of anilines is 1. The minimum atomic E-state index is -0.0304. The Labute approximate surface area is 121 Å². The Kier molecular flexibility index (Phi) is 3.65. The number of hydrogen-bond donors (Lipinski definition) is 1. The number of aryl methyl sites for hydroxylation is 1. The van der Waals surface area contributed by atoms with Crippen LogP contribution in [0.3, 0.4) is 0 Å². The molecule has 1 heterocycles. The molecule has 5 heteroatoms. The van der Waals surface area contributed by atoms with Crippen LogP contribution >= 0.6 is 15.9 Å². The molecular formula is C14H20BrN3O. The summed E-state index contributed by atoms with van der Waals surface area (Å²) in [6.45, 7) is 2.72. The van der Waals surface area contributed by atoms with E-state index >= 15 is 0 Å². The maximum atomic E-state index is 12.1. The van der Waals surface area contributed by atoms with Crippen molar-refractivity contribution in [3.63, 3.8) is 0 Å². The molecular weight excluding hydrogens is 306 g/mol. The minimum Gasteiger partial charge on any atom is -0.379 e. The number of halogens is 1. The summed E-state index contributed by atoms with van der Waals surface area (Å²) in [6, 6.07) is 0.541. The SMILES string of the molecule is CCCn1ncc(NC(C2CC2)C2CC2)c(Br)c1=O. The van der Waals surface area contributed by atoms with Crippen LogP contribution in [0.5, 0.6) is 0 Å². The smallest absolute Gasteiger partial charge is 0.283 e. The third kappa shape index (κ3) is 2.86. The van der Waals surface area contributed by atoms with Crippen molar-refractivity contribution in [2.75, 3.05) is 5.32 Å². The molecule has 0 aliphatic heterocycles. The van der Waals surface area contributed by atoms with Gasteiger partial charge in [-0.2, -0.15) is 5.10 Å². The average Bonchev–Trinajstić information content (AvgIpc) is 3.27. The van der Waals surface area contributed by atoms with Gasteiger partial charge in [0.05, 0.1) is 11.9 Å². The average molecular weight is 326 g/mol. The van der Waals surface area contributed by atoms with Gasteiger partial charge in [0.2, 0.25) is 0 Å². The number of aromatic nitrogens is 2. The highest BCUT2D eigenvalue weighted by Crippen LogP contribution is 2.46. The number of nitrogens with zero attached hydrogens (tertiary/aromatic N) is 2. The molecule has 0 radical (unpaired) electrons. The molecule has 0 aromatic carbocycles. The lowest BCUT2D eigenvalue weighted by atomic mass is 10.1. The quantitative estimate of drug-likeness (QED) is 0.874. The second-order valence-corrected chi connectivity index (χ2v) is 6.54. The van der Waals surface area contributed by atoms with E-state index < -0.39 is 0 Å². The summed E-state index contributed by atoms with van der Waals surface area (Å²) >= 11 is 3.43. The van der Waals surface area contributed by atoms with Crippen LogP contribution in [0.1, 0.15) is 39.0 Å². The summed E-state index contributed by atoms with van der Waals surface area (Å²) in [4.78, 5) is 12.1. The molecule has 0 bridgehead atoms. The fourth-order valence-electron chi connectivity index (χ4n) is 2.65. The second-order valence-electron chi connectivity index (χ2n) is 5.75. The molecule has 2 fully saturated rings. The summed E-state index contributed by atoms with van der Waals surface area (Å²) in [7, 11) is 0. The van der Waals surface area contributed by atoms with Gasteiger partial charge in [0.1, 0.15) is 4.47 Å². The first-order valence-corrected chi connectivity index (χ1v) is 8.02. The van der Waals surface area contributed by atoms with Crippen LogP contribution in [0.4, 0.5) is 5.69 Å². The van der Waals surface area contributed by atoms with Gasteiger partial charge in [-0.3, -0.25) is 4.79 Å². The first-order chi connectivity index (χ1) is 9.20. The van der Waals surface area contributed by atoms with Gasteiger partial charge in [-0.05, 0) is 59.9 Å². The Morgan fingerprint density at radius 1 is 1.42 bits per heavy atom. The van der Waals surface area contributed by atoms with Gasteiger partial charge in [-0.15, -0.1) is 0 Å². The van der Waals surface area contributed by atoms with Gasteiger partial charge >= 0.3 is 0 Å². The number of nitrogens with one attached hydrogen (secondary N) is 1. The second kappa shape index (κ2) is 5.27. The van der Waals surface area contributed by atoms with Crippen molar-refractivity contribution in [2.45, 2.75) is 51.6 Å². The standard InChI is InChI=1S/C14H20BrN3O/c1-2-7-18-14(19)12(15)11(8-16-18)17-13(9-3-4-9)10-5-6-10/h8-10,13,17H,2-7H2,1H3. The lowest BCUT2D eigenvalue weighted by molar-refractivity contribution is 0.553. The normalized spacial score (nSPS) is 18.9. The highest BCUT2D eigenvalue weighted by Gasteiger charge is 2.41. The van der Waals surface area contributed by atoms with Gasteiger partial charge in [0, 0.05) is 12.6 Å². The molecule has 2 saturated carbocycles. The van der Waals surface area contributed by atoms with Crippen LogP contribution in [0.2, 0.25) is 0 Å². The predicted molar refractivity (Wildman–Crippen MR) is 79.3 cm³/mol. The molecule has 2 aliphatic rings. The maximum absolute atomic E-state index is 12.1. The zero-order valence-electron chi connectivity index (χ0n) is 11.2. The van der Waals surface area contributed by atoms with Crippen LogP contribution in [-0.4, -0.2) is 15.8 Å². The van der Waals surface area contributed by atoms with E-state index in [1.54, 1.807) is 6.20 Å². The lowest BCUT2D eigenvalue weighted by Gasteiger charge is -2.19. The zero-order chi connectivity index (χ0) is 13.4. The summed E-state index contributed by atoms with van der Waals surface area (Å²) in [5.41, 5.74) is 0.832. The summed E-state index contributed by atoms with van der Waals surface area (Å²) < 4.78 is 2.15. The molecule has 1 N–H and O–H groups in total. The Bertz CT molecular complexity index is 508. The molecule has 19 heavy (non-hydrogen) atoms. The highest BCUT2D eigenvalue weighted by atomic mass is 79.9. The van der Waals surface area contributed by atoms with Crippen LogP contribution in [0, 0.1) is 11.8 Å². The van der Waals surface area contributed by atoms with E-state index in [0.717, 1.165) is 23.9 Å². The molecule has 4 nitrogen and oxygen atoms in total. The van der Waals surface area contributed by atoms with Crippen molar-refractivity contribution in [1.29, 1.82) is 0 Å². The molecule has 1 aromatic rings. The molecule has 1 aromatic heterocycles. The topological polar surface area (TPSA) is 46.9 Å². The Morgan fingerprint density at radius 2 is 2.05 bits per heavy atom. The van der Waals surface area contributed by atoms with E-state index in [0.29, 0.717) is 17.1 Å². The van der Waals surface area contributed by atoms with Gasteiger partial charge in [-0.1, -0.05) is 6.92 Å². The molecule has 3 rings (SSSR count). The van der Waals surface area contributed by atoms with Crippen molar-refractivity contribution < 1.29 is 0 Å². The van der Waals surface area contributed by atoms with Crippen LogP contribution in [-0.2, 0) is 6.54 Å². The van der Waals surface area contributed by atoms with E-state index in [4.69, 9.17) is 0 Å². The molecule has 0 amide bonds. The maximum Gasteiger partial charge on any atom is 0.283 e. The summed E-state index contributed by atoms with van der Waals surface area (Å²) in [6.07, 6.45) is 8.01. The molecule has 0 atom stereocenters. The van der Waals surface area contributed by atoms with Crippen molar-refractivity contribution in [2.24, 2.45) is 11.8 Å². The van der Waals surface area contributed by atoms with Crippen molar-refractivity contribution >= 4 is 21.6 Å². The zero-order valence-corrected chi connectivity index (χ0v) is 12.8. The molecule has 2 aliphatic carbocycles. The fraction of sp³-hybridized carbons (Fsp3) is 0.714. The van der Waals surface area contributed by atoms with E-state index in [1.807, 2.05) is 6.92 Å². The van der Waals surface area contributed by atoms with Gasteiger partial charge in [0.15, 0.2) is 0 Å². The first kappa shape index (κ1) is 13.2. The van der Waals surface area contributed by atoms with E-state index in [9.17, 15) is 4.79 Å². The molecule has 104 valence electrons. The van der Waals surface area contributed by atoms with Gasteiger partial charge in [-0.25, -0.2) is 4.68 Å². The third-order valence-corrected chi connectivity index (χ3v) is 4.77. The van der Waals surface area contributed by atoms with E-state index in [2.05, 4.69) is 26.3 Å². The number of hydrogen-bond acceptors (Lipinski definition) is 3. The van der Waals surface area contributed by atoms with Crippen LogP contribution in [0.25, 0.3) is 0 Å². The number of rotatable bonds is 6. The Hall–Kier alpha value is -0.840. The molecule has 0 unspecified atom stereocenters. The largest absolute Gasteiger partial charge is 0.379 e. The predicted octanol–water partition coefficient (Wildman–Crippen LogP) is 3.02. The minimum absolute atomic E-state index is 0.0304. The fourth-order valence-corrected chi connectivity index (χ4v) is 3.07. The van der Waals surface area contributed by atoms with Crippen LogP contribution in [0.15, 0.2) is 15.5 Å². The molecule has 0 spiro atoms. The Morgan fingerprint density at radius 3 is 2.58 bits per heavy atom. The summed E-state index contributed by atoms with van der Waals surface area (Å²) in [5.74, 6) is 1.61. The van der Waals surface area contributed by atoms with Crippen molar-refractivity contribution in [3.8, 4) is 0 Å². The van der Waals surface area contributed by atoms with Gasteiger partial charge in [0.25, 0.3) is 5.56 Å². The summed E-state index contributed by atoms with van der Waals surface area (Å²) in [5, 5.41) is 7.81. The van der Waals surface area contributed by atoms with E-state index in [-0.39, 0.29) is 5.56 Å². The highest BCUT2D eigenvalue weighted by molar-refractivity contribution is 9.10. The Balaban J connectivity index is 1.80. The monoisotopic (exact) mass is 325 g/mol. The van der Waals surface area contributed by atoms with Crippen molar-refractivity contribution in [1.82, 2.24) is 9.78 Å². The molecule has 0 saturated heterocycles. The van der Waals surface area contributed by atoms with E-state index in [1.165, 1.54) is 30.4 Å².